The van der Waals surface area contributed by atoms with E-state index in [1.54, 1.807) is 6.07 Å². The maximum atomic E-state index is 12.8. The SMILES string of the molecule is O=C(O)CCCN1C(=O)C(=Cc2ccc(-c3ccc(C(F)(F)F)cc3Cl)o2)SC1=S. The first-order valence-electron chi connectivity index (χ1n) is 8.50. The monoisotopic (exact) mass is 475 g/mol. The van der Waals surface area contributed by atoms with Gasteiger partial charge in [0.2, 0.25) is 0 Å². The molecule has 0 aliphatic carbocycles. The molecule has 0 spiro atoms. The molecule has 1 aromatic heterocycles. The van der Waals surface area contributed by atoms with Crippen LogP contribution in [0.15, 0.2) is 39.7 Å². The average Bonchev–Trinajstić information content (AvgIpc) is 3.20. The number of hydrogen-bond acceptors (Lipinski definition) is 5. The fourth-order valence-electron chi connectivity index (χ4n) is 2.68. The van der Waals surface area contributed by atoms with Crippen LogP contribution in [-0.4, -0.2) is 32.7 Å². The Kier molecular flexibility index (Phi) is 6.59. The van der Waals surface area contributed by atoms with E-state index >= 15 is 0 Å². The number of thiocarbonyl (C=S) groups is 1. The van der Waals surface area contributed by atoms with Gasteiger partial charge in [-0.15, -0.1) is 0 Å². The van der Waals surface area contributed by atoms with Gasteiger partial charge < -0.3 is 9.52 Å². The molecule has 0 atom stereocenters. The highest BCUT2D eigenvalue weighted by molar-refractivity contribution is 8.26. The Morgan fingerprint density at radius 2 is 2.03 bits per heavy atom. The summed E-state index contributed by atoms with van der Waals surface area (Å²) in [6.07, 6.45) is -2.84. The maximum absolute atomic E-state index is 12.8. The normalized spacial score (nSPS) is 16.0. The number of carboxylic acids is 1. The van der Waals surface area contributed by atoms with E-state index in [0.29, 0.717) is 15.0 Å². The second-order valence-corrected chi connectivity index (χ2v) is 8.31. The molecule has 1 aliphatic rings. The van der Waals surface area contributed by atoms with Gasteiger partial charge in [0.1, 0.15) is 15.8 Å². The van der Waals surface area contributed by atoms with Crippen LogP contribution in [0.3, 0.4) is 0 Å². The Labute approximate surface area is 183 Å². The number of alkyl halides is 3. The third-order valence-corrected chi connectivity index (χ3v) is 5.80. The lowest BCUT2D eigenvalue weighted by Crippen LogP contribution is -2.29. The molecule has 0 unspecified atom stereocenters. The van der Waals surface area contributed by atoms with E-state index in [1.165, 1.54) is 23.1 Å². The molecule has 1 aliphatic heterocycles. The third-order valence-electron chi connectivity index (χ3n) is 4.11. The van der Waals surface area contributed by atoms with Gasteiger partial charge >= 0.3 is 12.1 Å². The van der Waals surface area contributed by atoms with E-state index in [9.17, 15) is 22.8 Å². The lowest BCUT2D eigenvalue weighted by molar-refractivity contribution is -0.138. The Morgan fingerprint density at radius 1 is 1.30 bits per heavy atom. The predicted octanol–water partition coefficient (Wildman–Crippen LogP) is 5.68. The molecular formula is C19H13ClF3NO4S2. The number of carboxylic acid groups (broad SMARTS) is 1. The van der Waals surface area contributed by atoms with E-state index in [-0.39, 0.29) is 41.6 Å². The van der Waals surface area contributed by atoms with Crippen molar-refractivity contribution < 1.29 is 32.3 Å². The van der Waals surface area contributed by atoms with Crippen LogP contribution in [0.2, 0.25) is 5.02 Å². The maximum Gasteiger partial charge on any atom is 0.416 e. The molecule has 1 N–H and O–H groups in total. The van der Waals surface area contributed by atoms with Crippen LogP contribution in [0, 0.1) is 0 Å². The highest BCUT2D eigenvalue weighted by Gasteiger charge is 2.32. The van der Waals surface area contributed by atoms with E-state index in [1.807, 2.05) is 0 Å². The molecule has 5 nitrogen and oxygen atoms in total. The molecule has 1 saturated heterocycles. The van der Waals surface area contributed by atoms with E-state index in [4.69, 9.17) is 33.3 Å². The molecular weight excluding hydrogens is 463 g/mol. The summed E-state index contributed by atoms with van der Waals surface area (Å²) in [6, 6.07) is 6.04. The van der Waals surface area contributed by atoms with Crippen molar-refractivity contribution in [2.24, 2.45) is 0 Å². The van der Waals surface area contributed by atoms with Crippen molar-refractivity contribution in [2.45, 2.75) is 19.0 Å². The third kappa shape index (κ3) is 5.05. The summed E-state index contributed by atoms with van der Waals surface area (Å²) in [4.78, 5) is 24.7. The highest BCUT2D eigenvalue weighted by atomic mass is 35.5. The Balaban J connectivity index is 1.77. The van der Waals surface area contributed by atoms with Crippen LogP contribution in [0.1, 0.15) is 24.2 Å². The van der Waals surface area contributed by atoms with Crippen LogP contribution < -0.4 is 0 Å². The summed E-state index contributed by atoms with van der Waals surface area (Å²) >= 11 is 12.2. The molecule has 158 valence electrons. The van der Waals surface area contributed by atoms with E-state index in [2.05, 4.69) is 0 Å². The first-order chi connectivity index (χ1) is 14.1. The predicted molar refractivity (Wildman–Crippen MR) is 111 cm³/mol. The lowest BCUT2D eigenvalue weighted by atomic mass is 10.1. The van der Waals surface area contributed by atoms with Gasteiger partial charge in [-0.25, -0.2) is 0 Å². The lowest BCUT2D eigenvalue weighted by Gasteiger charge is -2.13. The number of halogens is 4. The number of carbonyl (C=O) groups is 2. The molecule has 0 radical (unpaired) electrons. The second kappa shape index (κ2) is 8.83. The van der Waals surface area contributed by atoms with Gasteiger partial charge in [-0.1, -0.05) is 35.6 Å². The van der Waals surface area contributed by atoms with Crippen molar-refractivity contribution >= 4 is 57.9 Å². The van der Waals surface area contributed by atoms with Crippen molar-refractivity contribution in [3.05, 3.63) is 51.6 Å². The molecule has 1 fully saturated rings. The van der Waals surface area contributed by atoms with Gasteiger partial charge in [0.25, 0.3) is 5.91 Å². The number of amides is 1. The molecule has 2 aromatic rings. The van der Waals surface area contributed by atoms with Gasteiger partial charge in [0.15, 0.2) is 0 Å². The van der Waals surface area contributed by atoms with Crippen LogP contribution in [-0.2, 0) is 15.8 Å². The number of thioether (sulfide) groups is 1. The molecule has 0 bridgehead atoms. The minimum atomic E-state index is -4.50. The van der Waals surface area contributed by atoms with E-state index in [0.717, 1.165) is 23.9 Å². The molecule has 0 saturated carbocycles. The summed E-state index contributed by atoms with van der Waals surface area (Å²) < 4.78 is 44.3. The van der Waals surface area contributed by atoms with Crippen molar-refractivity contribution in [3.8, 4) is 11.3 Å². The van der Waals surface area contributed by atoms with Crippen LogP contribution in [0.4, 0.5) is 13.2 Å². The Bertz CT molecular complexity index is 1050. The number of benzene rings is 1. The fourth-order valence-corrected chi connectivity index (χ4v) is 4.24. The summed E-state index contributed by atoms with van der Waals surface area (Å²) in [7, 11) is 0. The van der Waals surface area contributed by atoms with Crippen molar-refractivity contribution in [2.75, 3.05) is 6.54 Å². The summed E-state index contributed by atoms with van der Waals surface area (Å²) in [5, 5.41) is 8.59. The number of aliphatic carboxylic acids is 1. The smallest absolute Gasteiger partial charge is 0.416 e. The topological polar surface area (TPSA) is 70.8 Å². The molecule has 2 heterocycles. The molecule has 30 heavy (non-hydrogen) atoms. The zero-order valence-corrected chi connectivity index (χ0v) is 17.4. The van der Waals surface area contributed by atoms with E-state index < -0.39 is 17.7 Å². The minimum absolute atomic E-state index is 0.0778. The fraction of sp³-hybridized carbons (Fsp3) is 0.211. The van der Waals surface area contributed by atoms with Crippen molar-refractivity contribution in [1.29, 1.82) is 0 Å². The van der Waals surface area contributed by atoms with Gasteiger partial charge in [-0.3, -0.25) is 14.5 Å². The number of hydrogen-bond donors (Lipinski definition) is 1. The van der Waals surface area contributed by atoms with Crippen LogP contribution in [0.5, 0.6) is 0 Å². The number of furan rings is 1. The minimum Gasteiger partial charge on any atom is -0.481 e. The number of nitrogens with zero attached hydrogens (tertiary/aromatic N) is 1. The summed E-state index contributed by atoms with van der Waals surface area (Å²) in [5.74, 6) is -0.772. The van der Waals surface area contributed by atoms with Crippen LogP contribution >= 0.6 is 35.6 Å². The van der Waals surface area contributed by atoms with Gasteiger partial charge in [0, 0.05) is 24.6 Å². The quantitative estimate of drug-likeness (QED) is 0.428. The largest absolute Gasteiger partial charge is 0.481 e. The van der Waals surface area contributed by atoms with Gasteiger partial charge in [-0.05, 0) is 36.8 Å². The van der Waals surface area contributed by atoms with Gasteiger partial charge in [0.05, 0.1) is 15.5 Å². The summed E-state index contributed by atoms with van der Waals surface area (Å²) in [5.41, 5.74) is -0.583. The average molecular weight is 476 g/mol. The first kappa shape index (κ1) is 22.4. The molecule has 11 heteroatoms. The Morgan fingerprint density at radius 3 is 2.67 bits per heavy atom. The zero-order valence-electron chi connectivity index (χ0n) is 15.0. The standard InChI is InChI=1S/C19H13ClF3NO4S2/c20-13-8-10(19(21,22)23)3-5-12(13)14-6-4-11(28-14)9-15-17(27)24(18(29)30-15)7-1-2-16(25)26/h3-6,8-9H,1-2,7H2,(H,25,26). The molecule has 1 amide bonds. The first-order valence-corrected chi connectivity index (χ1v) is 10.1. The molecule has 1 aromatic carbocycles. The Hall–Kier alpha value is -2.30. The highest BCUT2D eigenvalue weighted by Crippen LogP contribution is 2.37. The molecule has 3 rings (SSSR count). The van der Waals surface area contributed by atoms with Gasteiger partial charge in [-0.2, -0.15) is 13.2 Å². The number of rotatable bonds is 6. The summed E-state index contributed by atoms with van der Waals surface area (Å²) in [6.45, 7) is 0.193. The van der Waals surface area contributed by atoms with Crippen molar-refractivity contribution in [1.82, 2.24) is 4.90 Å². The second-order valence-electron chi connectivity index (χ2n) is 6.23. The van der Waals surface area contributed by atoms with Crippen molar-refractivity contribution in [3.63, 3.8) is 0 Å². The zero-order chi connectivity index (χ0) is 22.1. The van der Waals surface area contributed by atoms with Crippen LogP contribution in [0.25, 0.3) is 17.4 Å². The number of carbonyl (C=O) groups excluding carboxylic acids is 1.